The summed E-state index contributed by atoms with van der Waals surface area (Å²) in [5.41, 5.74) is 2.43. The molecule has 6 nitrogen and oxygen atoms in total. The lowest BCUT2D eigenvalue weighted by Crippen LogP contribution is -2.12. The first-order chi connectivity index (χ1) is 8.79. The van der Waals surface area contributed by atoms with E-state index in [-0.39, 0.29) is 0 Å². The van der Waals surface area contributed by atoms with Crippen LogP contribution in [0.15, 0.2) is 23.0 Å². The van der Waals surface area contributed by atoms with Crippen LogP contribution < -0.4 is 10.1 Å². The molecule has 0 unspecified atom stereocenters. The Morgan fingerprint density at radius 1 is 1.33 bits per heavy atom. The summed E-state index contributed by atoms with van der Waals surface area (Å²) in [6.07, 6.45) is 1.70. The van der Waals surface area contributed by atoms with Crippen LogP contribution in [0.4, 0.5) is 0 Å². The Morgan fingerprint density at radius 2 is 2.22 bits per heavy atom. The van der Waals surface area contributed by atoms with Gasteiger partial charge >= 0.3 is 0 Å². The number of hydrogen-bond donors (Lipinski definition) is 1. The van der Waals surface area contributed by atoms with E-state index in [1.807, 2.05) is 19.1 Å². The minimum atomic E-state index is 0.337. The van der Waals surface area contributed by atoms with E-state index < -0.39 is 0 Å². The van der Waals surface area contributed by atoms with E-state index in [2.05, 4.69) is 32.2 Å². The Kier molecular flexibility index (Phi) is 4.25. The van der Waals surface area contributed by atoms with Crippen LogP contribution in [0.1, 0.15) is 24.0 Å². The van der Waals surface area contributed by atoms with Gasteiger partial charge in [0.15, 0.2) is 0 Å². The lowest BCUT2D eigenvalue weighted by Gasteiger charge is -2.05. The van der Waals surface area contributed by atoms with Crippen molar-refractivity contribution in [2.75, 3.05) is 6.54 Å². The first-order valence-electron chi connectivity index (χ1n) is 5.86. The monoisotopic (exact) mass is 248 g/mol. The Morgan fingerprint density at radius 3 is 2.83 bits per heavy atom. The number of aromatic nitrogens is 3. The molecule has 0 amide bonds. The van der Waals surface area contributed by atoms with Crippen LogP contribution in [0.3, 0.4) is 0 Å². The molecule has 2 rings (SSSR count). The van der Waals surface area contributed by atoms with Gasteiger partial charge in [-0.25, -0.2) is 4.63 Å². The zero-order valence-electron chi connectivity index (χ0n) is 10.5. The number of rotatable bonds is 6. The van der Waals surface area contributed by atoms with Crippen molar-refractivity contribution in [1.82, 2.24) is 20.6 Å². The van der Waals surface area contributed by atoms with Gasteiger partial charge in [-0.2, -0.15) is 0 Å². The predicted octanol–water partition coefficient (Wildman–Crippen LogP) is 1.46. The number of nitrogens with one attached hydrogen (secondary N) is 1. The average Bonchev–Trinajstić information content (AvgIpc) is 2.81. The second-order valence-corrected chi connectivity index (χ2v) is 3.85. The van der Waals surface area contributed by atoms with E-state index in [1.54, 1.807) is 6.20 Å². The van der Waals surface area contributed by atoms with Crippen molar-refractivity contribution in [2.45, 2.75) is 27.0 Å². The maximum Gasteiger partial charge on any atom is 0.145 e. The zero-order valence-corrected chi connectivity index (χ0v) is 10.5. The van der Waals surface area contributed by atoms with Gasteiger partial charge in [0.1, 0.15) is 23.7 Å². The fraction of sp³-hybridized carbons (Fsp3) is 0.417. The van der Waals surface area contributed by atoms with Crippen LogP contribution in [0.2, 0.25) is 0 Å². The molecule has 0 aliphatic heterocycles. The van der Waals surface area contributed by atoms with Crippen molar-refractivity contribution < 1.29 is 9.37 Å². The van der Waals surface area contributed by atoms with E-state index in [9.17, 15) is 0 Å². The van der Waals surface area contributed by atoms with Crippen molar-refractivity contribution in [3.8, 4) is 5.75 Å². The van der Waals surface area contributed by atoms with Crippen molar-refractivity contribution >= 4 is 0 Å². The highest BCUT2D eigenvalue weighted by atomic mass is 16.6. The average molecular weight is 248 g/mol. The largest absolute Gasteiger partial charge is 0.485 e. The topological polar surface area (TPSA) is 73.1 Å². The fourth-order valence-corrected chi connectivity index (χ4v) is 1.39. The summed E-state index contributed by atoms with van der Waals surface area (Å²) >= 11 is 0. The molecule has 0 atom stereocenters. The van der Waals surface area contributed by atoms with E-state index in [0.717, 1.165) is 24.5 Å². The summed E-state index contributed by atoms with van der Waals surface area (Å²) < 4.78 is 10.1. The van der Waals surface area contributed by atoms with Gasteiger partial charge in [-0.15, -0.1) is 0 Å². The first kappa shape index (κ1) is 12.5. The minimum Gasteiger partial charge on any atom is -0.485 e. The molecular formula is C12H16N4O2. The van der Waals surface area contributed by atoms with Gasteiger partial charge in [0.25, 0.3) is 0 Å². The van der Waals surface area contributed by atoms with Gasteiger partial charge in [0.2, 0.25) is 0 Å². The fourth-order valence-electron chi connectivity index (χ4n) is 1.39. The highest BCUT2D eigenvalue weighted by Crippen LogP contribution is 2.12. The van der Waals surface area contributed by atoms with Crippen molar-refractivity contribution in [3.05, 3.63) is 35.4 Å². The molecule has 2 aromatic rings. The summed E-state index contributed by atoms with van der Waals surface area (Å²) in [5, 5.41) is 10.6. The lowest BCUT2D eigenvalue weighted by molar-refractivity contribution is 0.269. The molecule has 18 heavy (non-hydrogen) atoms. The van der Waals surface area contributed by atoms with E-state index in [4.69, 9.17) is 4.74 Å². The van der Waals surface area contributed by atoms with Crippen molar-refractivity contribution in [2.24, 2.45) is 0 Å². The van der Waals surface area contributed by atoms with Crippen LogP contribution in [0.25, 0.3) is 0 Å². The van der Waals surface area contributed by atoms with Crippen molar-refractivity contribution in [3.63, 3.8) is 0 Å². The van der Waals surface area contributed by atoms with Gasteiger partial charge in [0, 0.05) is 6.54 Å². The number of hydrogen-bond acceptors (Lipinski definition) is 6. The molecule has 0 fully saturated rings. The van der Waals surface area contributed by atoms with Gasteiger partial charge < -0.3 is 10.1 Å². The molecule has 0 spiro atoms. The second-order valence-electron chi connectivity index (χ2n) is 3.85. The zero-order chi connectivity index (χ0) is 12.8. The smallest absolute Gasteiger partial charge is 0.145 e. The quantitative estimate of drug-likeness (QED) is 0.834. The van der Waals surface area contributed by atoms with E-state index in [0.29, 0.717) is 18.1 Å². The summed E-state index contributed by atoms with van der Waals surface area (Å²) in [5.74, 6) is 0.706. The number of nitrogens with zero attached hydrogens (tertiary/aromatic N) is 3. The van der Waals surface area contributed by atoms with Crippen LogP contribution in [-0.4, -0.2) is 21.8 Å². The molecule has 1 N–H and O–H groups in total. The third-order valence-corrected chi connectivity index (χ3v) is 2.48. The molecule has 0 saturated heterocycles. The first-order valence-corrected chi connectivity index (χ1v) is 5.86. The van der Waals surface area contributed by atoms with Crippen LogP contribution in [0, 0.1) is 6.92 Å². The molecule has 0 saturated carbocycles. The van der Waals surface area contributed by atoms with Crippen LogP contribution in [-0.2, 0) is 13.2 Å². The lowest BCUT2D eigenvalue weighted by atomic mass is 10.3. The molecule has 0 bridgehead atoms. The Balaban J connectivity index is 1.88. The summed E-state index contributed by atoms with van der Waals surface area (Å²) in [4.78, 5) is 4.29. The molecule has 0 aliphatic rings. The van der Waals surface area contributed by atoms with E-state index in [1.165, 1.54) is 0 Å². The predicted molar refractivity (Wildman–Crippen MR) is 65.0 cm³/mol. The number of ether oxygens (including phenoxy) is 1. The summed E-state index contributed by atoms with van der Waals surface area (Å²) in [6.45, 7) is 5.92. The maximum atomic E-state index is 5.55. The molecule has 96 valence electrons. The van der Waals surface area contributed by atoms with Gasteiger partial charge in [-0.05, 0) is 25.6 Å². The normalized spacial score (nSPS) is 10.6. The Labute approximate surface area is 105 Å². The third-order valence-electron chi connectivity index (χ3n) is 2.48. The maximum absolute atomic E-state index is 5.55. The Hall–Kier alpha value is -1.95. The summed E-state index contributed by atoms with van der Waals surface area (Å²) in [7, 11) is 0. The molecule has 0 radical (unpaired) electrons. The van der Waals surface area contributed by atoms with Crippen LogP contribution in [0.5, 0.6) is 5.75 Å². The molecule has 2 heterocycles. The third kappa shape index (κ3) is 3.27. The van der Waals surface area contributed by atoms with Gasteiger partial charge in [0.05, 0.1) is 11.9 Å². The van der Waals surface area contributed by atoms with Crippen LogP contribution >= 0.6 is 0 Å². The molecule has 6 heteroatoms. The minimum absolute atomic E-state index is 0.337. The molecular weight excluding hydrogens is 232 g/mol. The highest BCUT2D eigenvalue weighted by molar-refractivity contribution is 5.20. The van der Waals surface area contributed by atoms with E-state index >= 15 is 0 Å². The van der Waals surface area contributed by atoms with Gasteiger partial charge in [-0.3, -0.25) is 4.98 Å². The molecule has 0 aromatic carbocycles. The second kappa shape index (κ2) is 6.11. The highest BCUT2D eigenvalue weighted by Gasteiger charge is 2.05. The Bertz CT molecular complexity index is 481. The van der Waals surface area contributed by atoms with Crippen molar-refractivity contribution in [1.29, 1.82) is 0 Å². The molecule has 2 aromatic heterocycles. The summed E-state index contributed by atoms with van der Waals surface area (Å²) in [6, 6.07) is 3.83. The molecule has 0 aliphatic carbocycles. The number of aryl methyl sites for hydroxylation is 1. The SMILES string of the molecule is CCNCc1ccc(OCc2nonc2C)cn1. The number of pyridine rings is 1. The van der Waals surface area contributed by atoms with Gasteiger partial charge in [-0.1, -0.05) is 17.2 Å². The standard InChI is InChI=1S/C12H16N4O2/c1-3-13-6-10-4-5-11(7-14-10)17-8-12-9(2)15-18-16-12/h4-5,7,13H,3,6,8H2,1-2H3.